The van der Waals surface area contributed by atoms with Crippen molar-refractivity contribution in [1.29, 1.82) is 0 Å². The topological polar surface area (TPSA) is 223 Å². The normalized spacial score (nSPS) is 21.1. The van der Waals surface area contributed by atoms with Gasteiger partial charge >= 0.3 is 6.09 Å². The van der Waals surface area contributed by atoms with Crippen LogP contribution in [0.5, 0.6) is 23.0 Å². The number of fused-ring (bicyclic) bond motifs is 2. The highest BCUT2D eigenvalue weighted by molar-refractivity contribution is 6.03. The van der Waals surface area contributed by atoms with Crippen LogP contribution in [0, 0.1) is 43.8 Å². The number of oxime groups is 1. The molecule has 0 unspecified atom stereocenters. The van der Waals surface area contributed by atoms with Crippen LogP contribution in [0.2, 0.25) is 0 Å². The zero-order valence-corrected chi connectivity index (χ0v) is 39.8. The smallest absolute Gasteiger partial charge is 0.416 e. The number of carbonyl (C=O) groups is 2. The molecule has 3 aliphatic rings. The number of aliphatic hydroxyl groups is 2. The number of benzene rings is 5. The first-order chi connectivity index (χ1) is 35.4. The number of unbranched alkanes of at least 4 members (excludes halogenated alkanes) is 2. The molecule has 0 aromatic heterocycles. The molecule has 0 radical (unpaired) electrons. The summed E-state index contributed by atoms with van der Waals surface area (Å²) in [7, 11) is 0. The van der Waals surface area contributed by atoms with Crippen LogP contribution >= 0.6 is 0 Å². The molecule has 17 nitrogen and oxygen atoms in total. The van der Waals surface area contributed by atoms with Crippen molar-refractivity contribution >= 4 is 29.5 Å². The number of nitro benzene ring substituents is 2. The number of carbonyl (C=O) groups excluding carboxylic acids is 2. The van der Waals surface area contributed by atoms with Crippen molar-refractivity contribution in [3.05, 3.63) is 188 Å². The molecule has 1 saturated carbocycles. The Kier molecular flexibility index (Phi) is 16.7. The fourth-order valence-corrected chi connectivity index (χ4v) is 10.3. The maximum Gasteiger partial charge on any atom is 0.416 e. The van der Waals surface area contributed by atoms with Crippen LogP contribution in [-0.4, -0.2) is 74.7 Å². The lowest BCUT2D eigenvalue weighted by Gasteiger charge is -2.59. The summed E-state index contributed by atoms with van der Waals surface area (Å²) >= 11 is 0. The Hall–Kier alpha value is -7.80. The molecule has 0 saturated heterocycles. The number of allylic oxidation sites excluding steroid dienone is 1. The fraction of sp³-hybridized carbons (Fsp3) is 0.327. The van der Waals surface area contributed by atoms with Crippen LogP contribution in [-0.2, 0) is 22.7 Å². The maximum atomic E-state index is 15.1. The number of amides is 1. The molecule has 1 heterocycles. The van der Waals surface area contributed by atoms with E-state index in [1.165, 1.54) is 65.6 Å². The van der Waals surface area contributed by atoms with Gasteiger partial charge in [-0.2, -0.15) is 0 Å². The first-order valence-electron chi connectivity index (χ1n) is 24.1. The molecule has 0 bridgehead atoms. The number of halogens is 1. The van der Waals surface area contributed by atoms with E-state index >= 15 is 4.79 Å². The summed E-state index contributed by atoms with van der Waals surface area (Å²) in [5, 5.41) is 47.9. The van der Waals surface area contributed by atoms with Gasteiger partial charge in [-0.1, -0.05) is 54.4 Å². The Balaban J connectivity index is 1.34. The van der Waals surface area contributed by atoms with Gasteiger partial charge < -0.3 is 34.0 Å². The van der Waals surface area contributed by atoms with E-state index in [-0.39, 0.29) is 68.4 Å². The van der Waals surface area contributed by atoms with Gasteiger partial charge in [0, 0.05) is 67.5 Å². The zero-order chi connectivity index (χ0) is 51.5. The Morgan fingerprint density at radius 2 is 1.51 bits per heavy atom. The summed E-state index contributed by atoms with van der Waals surface area (Å²) < 4.78 is 41.4. The molecular formula is C55H55FN4O13. The summed E-state index contributed by atoms with van der Waals surface area (Å²) in [5.41, 5.74) is 3.11. The third-order valence-electron chi connectivity index (χ3n) is 13.6. The molecular weight excluding hydrogens is 944 g/mol. The van der Waals surface area contributed by atoms with Crippen molar-refractivity contribution in [2.24, 2.45) is 22.9 Å². The minimum Gasteiger partial charge on any atom is -0.459 e. The second-order valence-corrected chi connectivity index (χ2v) is 18.1. The largest absolute Gasteiger partial charge is 0.459 e. The summed E-state index contributed by atoms with van der Waals surface area (Å²) in [4.78, 5) is 56.4. The molecule has 6 atom stereocenters. The lowest BCUT2D eigenvalue weighted by Crippen LogP contribution is -2.70. The minimum absolute atomic E-state index is 0.00353. The van der Waals surface area contributed by atoms with Gasteiger partial charge in [0.05, 0.1) is 28.1 Å². The van der Waals surface area contributed by atoms with E-state index in [1.807, 2.05) is 6.07 Å². The van der Waals surface area contributed by atoms with Crippen molar-refractivity contribution in [3.63, 3.8) is 0 Å². The number of aldehydes is 1. The van der Waals surface area contributed by atoms with Crippen molar-refractivity contribution in [1.82, 2.24) is 4.90 Å². The highest BCUT2D eigenvalue weighted by Crippen LogP contribution is 2.62. The van der Waals surface area contributed by atoms with Crippen molar-refractivity contribution in [2.75, 3.05) is 19.8 Å². The number of rotatable bonds is 23. The highest BCUT2D eigenvalue weighted by Gasteiger charge is 2.66. The molecule has 2 N–H and O–H groups in total. The second kappa shape index (κ2) is 23.6. The van der Waals surface area contributed by atoms with Crippen LogP contribution in [0.15, 0.2) is 145 Å². The predicted molar refractivity (Wildman–Crippen MR) is 266 cm³/mol. The number of ether oxygens (including phenoxy) is 4. The molecule has 2 aliphatic carbocycles. The summed E-state index contributed by atoms with van der Waals surface area (Å²) in [6.07, 6.45) is 7.22. The van der Waals surface area contributed by atoms with Crippen molar-refractivity contribution in [3.8, 4) is 23.0 Å². The molecule has 1 fully saturated rings. The fourth-order valence-electron chi connectivity index (χ4n) is 10.3. The minimum atomic E-state index is -1.75. The zero-order valence-electron chi connectivity index (χ0n) is 39.8. The third-order valence-corrected chi connectivity index (χ3v) is 13.6. The summed E-state index contributed by atoms with van der Waals surface area (Å²) in [6.45, 7) is 3.65. The standard InChI is InChI=1S/C55H55FN4O13/c1-2-28-69-55-51(58(33-36-12-16-40(56)17-13-36)54(64)72-43-22-20-42(21-23-43)60(67)68)32-49(57-70-35-37-14-18-41(19-15-37)59(65)66)47-30-39(9-3-5-26-61)46(11-4-6-27-62)52(53(47)55)48-31-45(24-25-50(48)73-55)71-44-10-7-8-38(29-44)34-63/h2,7-8,10,12-25,29-31,34,39,46,51-53,61-62H,1,3-6,9,11,26-28,32-33,35H2/t39-,46+,51-,52+,53+,55+/m0/s1. The van der Waals surface area contributed by atoms with E-state index in [0.29, 0.717) is 83.7 Å². The van der Waals surface area contributed by atoms with Crippen LogP contribution in [0.25, 0.3) is 0 Å². The molecule has 1 amide bonds. The molecule has 5 aromatic rings. The summed E-state index contributed by atoms with van der Waals surface area (Å²) in [6, 6.07) is 27.6. The van der Waals surface area contributed by atoms with Gasteiger partial charge in [0.2, 0.25) is 5.79 Å². The van der Waals surface area contributed by atoms with Gasteiger partial charge in [-0.05, 0) is 121 Å². The summed E-state index contributed by atoms with van der Waals surface area (Å²) in [5.74, 6) is -2.49. The molecule has 1 aliphatic heterocycles. The molecule has 73 heavy (non-hydrogen) atoms. The van der Waals surface area contributed by atoms with E-state index in [4.69, 9.17) is 28.9 Å². The first-order valence-corrected chi connectivity index (χ1v) is 24.1. The number of non-ortho nitro benzene ring substituents is 2. The Morgan fingerprint density at radius 3 is 2.18 bits per heavy atom. The SMILES string of the molecule is C=CCO[C@@]12Oc3ccc(Oc4cccc(C=O)c4)cc3[C@H]3[C@H](CCCCO)[C@@H](CCCCO)C=C(C(=NOCc4ccc([N+](=O)[O-])cc4)C[C@@H]1N(Cc1ccc(F)cc1)C(=O)Oc1ccc([N+](=O)[O-])cc1)[C@H]32. The number of nitrogens with zero attached hydrogens (tertiary/aromatic N) is 4. The van der Waals surface area contributed by atoms with Crippen molar-refractivity contribution < 1.29 is 57.8 Å². The van der Waals surface area contributed by atoms with Gasteiger partial charge in [0.25, 0.3) is 11.4 Å². The average molecular weight is 999 g/mol. The highest BCUT2D eigenvalue weighted by atomic mass is 19.1. The average Bonchev–Trinajstić information content (AvgIpc) is 3.39. The van der Waals surface area contributed by atoms with Gasteiger partial charge in [-0.25, -0.2) is 9.18 Å². The third kappa shape index (κ3) is 11.8. The van der Waals surface area contributed by atoms with Gasteiger partial charge in [-0.3, -0.25) is 29.9 Å². The number of aliphatic hydroxyl groups excluding tert-OH is 2. The molecule has 5 aromatic carbocycles. The number of nitro groups is 2. The van der Waals surface area contributed by atoms with Crippen molar-refractivity contribution in [2.45, 2.75) is 75.8 Å². The van der Waals surface area contributed by atoms with E-state index in [9.17, 15) is 39.6 Å². The van der Waals surface area contributed by atoms with Gasteiger partial charge in [-0.15, -0.1) is 6.58 Å². The van der Waals surface area contributed by atoms with E-state index in [0.717, 1.165) is 11.8 Å². The monoisotopic (exact) mass is 998 g/mol. The molecule has 380 valence electrons. The van der Waals surface area contributed by atoms with Crippen LogP contribution in [0.4, 0.5) is 20.6 Å². The van der Waals surface area contributed by atoms with E-state index in [2.05, 4.69) is 12.7 Å². The lowest BCUT2D eigenvalue weighted by molar-refractivity contribution is -0.385. The maximum absolute atomic E-state index is 15.1. The number of hydrogen-bond donors (Lipinski definition) is 2. The molecule has 8 rings (SSSR count). The number of hydrogen-bond acceptors (Lipinski definition) is 14. The van der Waals surface area contributed by atoms with Crippen LogP contribution in [0.1, 0.15) is 77.9 Å². The van der Waals surface area contributed by atoms with Crippen LogP contribution in [0.3, 0.4) is 0 Å². The predicted octanol–water partition coefficient (Wildman–Crippen LogP) is 10.8. The Labute approximate surface area is 420 Å². The van der Waals surface area contributed by atoms with Crippen LogP contribution < -0.4 is 14.2 Å². The first kappa shape index (κ1) is 51.6. The van der Waals surface area contributed by atoms with Gasteiger partial charge in [0.15, 0.2) is 0 Å². The quantitative estimate of drug-likeness (QED) is 0.0205. The Morgan fingerprint density at radius 1 is 0.849 bits per heavy atom. The van der Waals surface area contributed by atoms with E-state index in [1.54, 1.807) is 54.6 Å². The molecule has 18 heteroatoms. The second-order valence-electron chi connectivity index (χ2n) is 18.1. The van der Waals surface area contributed by atoms with E-state index < -0.39 is 45.4 Å². The Bertz CT molecular complexity index is 2840. The van der Waals surface area contributed by atoms with Gasteiger partial charge in [0.1, 0.15) is 47.8 Å². The lowest BCUT2D eigenvalue weighted by atomic mass is 9.55. The molecule has 0 spiro atoms.